The van der Waals surface area contributed by atoms with Crippen LogP contribution in [0.5, 0.6) is 0 Å². The smallest absolute Gasteiger partial charge is 0.295 e. The third-order valence-electron chi connectivity index (χ3n) is 3.83. The maximum absolute atomic E-state index is 11.9. The van der Waals surface area contributed by atoms with Gasteiger partial charge in [-0.1, -0.05) is 28.1 Å². The molecule has 1 aliphatic heterocycles. The third-order valence-corrected chi connectivity index (χ3v) is 4.32. The van der Waals surface area contributed by atoms with E-state index < -0.39 is 0 Å². The summed E-state index contributed by atoms with van der Waals surface area (Å²) in [6.07, 6.45) is 1.66. The van der Waals surface area contributed by atoms with Crippen LogP contribution < -0.4 is 15.2 Å². The first-order valence-corrected chi connectivity index (χ1v) is 8.21. The summed E-state index contributed by atoms with van der Waals surface area (Å²) in [5.41, 5.74) is 3.57. The predicted octanol–water partition coefficient (Wildman–Crippen LogP) is -1.30. The van der Waals surface area contributed by atoms with E-state index >= 15 is 0 Å². The Balaban J connectivity index is 1.72. The van der Waals surface area contributed by atoms with Gasteiger partial charge in [0.05, 0.1) is 12.8 Å². The van der Waals surface area contributed by atoms with Crippen LogP contribution in [0.4, 0.5) is 0 Å². The van der Waals surface area contributed by atoms with Gasteiger partial charge in [-0.05, 0) is 24.6 Å². The molecule has 0 atom stereocenters. The van der Waals surface area contributed by atoms with Crippen molar-refractivity contribution in [1.29, 1.82) is 0 Å². The van der Waals surface area contributed by atoms with Crippen LogP contribution in [0, 0.1) is 0 Å². The lowest BCUT2D eigenvalue weighted by Crippen LogP contribution is -3.28. The minimum Gasteiger partial charge on any atom is -0.326 e. The maximum Gasteiger partial charge on any atom is 0.295 e. The normalized spacial score (nSPS) is 22.4. The molecule has 0 aromatic heterocycles. The number of nitrogens with zero attached hydrogens (tertiary/aromatic N) is 1. The lowest BCUT2D eigenvalue weighted by atomic mass is 10.2. The van der Waals surface area contributed by atoms with Gasteiger partial charge in [0.1, 0.15) is 26.2 Å². The maximum atomic E-state index is 11.9. The van der Waals surface area contributed by atoms with Crippen molar-refractivity contribution in [3.05, 3.63) is 34.3 Å². The molecule has 1 saturated heterocycles. The molecule has 5 nitrogen and oxygen atoms in total. The van der Waals surface area contributed by atoms with Crippen LogP contribution in [0.25, 0.3) is 0 Å². The van der Waals surface area contributed by atoms with Crippen LogP contribution in [0.15, 0.2) is 33.8 Å². The van der Waals surface area contributed by atoms with E-state index in [1.54, 1.807) is 11.1 Å². The van der Waals surface area contributed by atoms with E-state index in [1.165, 1.54) is 11.4 Å². The average molecular weight is 355 g/mol. The molecule has 0 spiro atoms. The zero-order valence-electron chi connectivity index (χ0n) is 12.4. The van der Waals surface area contributed by atoms with Crippen LogP contribution in [0.2, 0.25) is 0 Å². The second kappa shape index (κ2) is 8.26. The van der Waals surface area contributed by atoms with Crippen molar-refractivity contribution in [3.8, 4) is 0 Å². The molecule has 1 amide bonds. The quantitative estimate of drug-likeness (QED) is 0.447. The molecule has 6 heteroatoms. The molecular weight excluding hydrogens is 332 g/mol. The molecule has 1 heterocycles. The summed E-state index contributed by atoms with van der Waals surface area (Å²) in [6, 6.07) is 7.79. The fourth-order valence-electron chi connectivity index (χ4n) is 2.52. The molecule has 1 aliphatic rings. The highest BCUT2D eigenvalue weighted by Gasteiger charge is 2.23. The van der Waals surface area contributed by atoms with Gasteiger partial charge < -0.3 is 9.80 Å². The number of hydrazone groups is 1. The fourth-order valence-corrected chi connectivity index (χ4v) is 2.94. The van der Waals surface area contributed by atoms with Gasteiger partial charge in [0.25, 0.3) is 5.91 Å². The molecule has 0 unspecified atom stereocenters. The van der Waals surface area contributed by atoms with Gasteiger partial charge in [0.15, 0.2) is 6.54 Å². The van der Waals surface area contributed by atoms with Gasteiger partial charge in [-0.3, -0.25) is 4.79 Å². The van der Waals surface area contributed by atoms with Gasteiger partial charge in [0.2, 0.25) is 0 Å². The Morgan fingerprint density at radius 2 is 2.05 bits per heavy atom. The number of hydrogen-bond acceptors (Lipinski definition) is 2. The van der Waals surface area contributed by atoms with Crippen molar-refractivity contribution in [1.82, 2.24) is 5.43 Å². The number of quaternary nitrogens is 2. The Bertz CT molecular complexity index is 498. The Kier molecular flexibility index (Phi) is 6.35. The number of piperazine rings is 1. The Labute approximate surface area is 134 Å². The molecule has 3 N–H and O–H groups in total. The van der Waals surface area contributed by atoms with E-state index in [9.17, 15) is 4.79 Å². The molecule has 1 fully saturated rings. The van der Waals surface area contributed by atoms with E-state index in [0.717, 1.165) is 36.2 Å². The second-order valence-electron chi connectivity index (χ2n) is 5.38. The first-order chi connectivity index (χ1) is 10.2. The molecule has 0 bridgehead atoms. The summed E-state index contributed by atoms with van der Waals surface area (Å²) in [7, 11) is 0. The number of carbonyl (C=O) groups is 1. The monoisotopic (exact) mass is 354 g/mol. The minimum atomic E-state index is -0.0174. The fraction of sp³-hybridized carbons (Fsp3) is 0.467. The van der Waals surface area contributed by atoms with Crippen LogP contribution in [-0.4, -0.2) is 51.4 Å². The van der Waals surface area contributed by atoms with Crippen LogP contribution in [0.1, 0.15) is 12.5 Å². The number of benzene rings is 1. The molecule has 0 aliphatic carbocycles. The largest absolute Gasteiger partial charge is 0.326 e. The zero-order chi connectivity index (χ0) is 15.1. The number of nitrogens with one attached hydrogen (secondary N) is 3. The second-order valence-corrected chi connectivity index (χ2v) is 6.29. The molecule has 114 valence electrons. The van der Waals surface area contributed by atoms with E-state index in [4.69, 9.17) is 0 Å². The lowest BCUT2D eigenvalue weighted by molar-refractivity contribution is -1.01. The van der Waals surface area contributed by atoms with Crippen LogP contribution in [-0.2, 0) is 4.79 Å². The summed E-state index contributed by atoms with van der Waals surface area (Å²) in [5.74, 6) is -0.0174. The summed E-state index contributed by atoms with van der Waals surface area (Å²) >= 11 is 3.41. The number of rotatable bonds is 5. The number of carbonyl (C=O) groups excluding carboxylic acids is 1. The van der Waals surface area contributed by atoms with Crippen molar-refractivity contribution >= 4 is 28.1 Å². The van der Waals surface area contributed by atoms with Crippen molar-refractivity contribution in [2.24, 2.45) is 5.10 Å². The molecule has 0 radical (unpaired) electrons. The summed E-state index contributed by atoms with van der Waals surface area (Å²) < 4.78 is 0.999. The molecule has 1 aromatic carbocycles. The predicted molar refractivity (Wildman–Crippen MR) is 86.7 cm³/mol. The Hall–Kier alpha value is -1.24. The first kappa shape index (κ1) is 16.1. The molecule has 1 aromatic rings. The van der Waals surface area contributed by atoms with Gasteiger partial charge >= 0.3 is 0 Å². The van der Waals surface area contributed by atoms with Gasteiger partial charge in [-0.25, -0.2) is 5.43 Å². The molecule has 0 saturated carbocycles. The van der Waals surface area contributed by atoms with E-state index in [0.29, 0.717) is 6.54 Å². The summed E-state index contributed by atoms with van der Waals surface area (Å²) in [6.45, 7) is 8.33. The summed E-state index contributed by atoms with van der Waals surface area (Å²) in [5, 5.41) is 4.02. The minimum absolute atomic E-state index is 0.0174. The Morgan fingerprint density at radius 1 is 1.33 bits per heavy atom. The van der Waals surface area contributed by atoms with Gasteiger partial charge in [-0.15, -0.1) is 0 Å². The highest BCUT2D eigenvalue weighted by Crippen LogP contribution is 2.09. The molecule has 21 heavy (non-hydrogen) atoms. The van der Waals surface area contributed by atoms with Crippen molar-refractivity contribution in [2.45, 2.75) is 6.92 Å². The van der Waals surface area contributed by atoms with Crippen LogP contribution >= 0.6 is 15.9 Å². The van der Waals surface area contributed by atoms with E-state index in [1.807, 2.05) is 24.3 Å². The lowest BCUT2D eigenvalue weighted by Gasteiger charge is -2.28. The number of amides is 1. The van der Waals surface area contributed by atoms with Crippen LogP contribution in [0.3, 0.4) is 0 Å². The van der Waals surface area contributed by atoms with Crippen molar-refractivity contribution in [2.75, 3.05) is 39.3 Å². The van der Waals surface area contributed by atoms with Crippen molar-refractivity contribution in [3.63, 3.8) is 0 Å². The standard InChI is InChI=1S/C15H21BrN4O/c1-2-19-6-8-20(9-7-19)12-15(21)18-17-11-13-4-3-5-14(16)10-13/h3-5,10-11H,2,6-9,12H2,1H3,(H,18,21)/p+2/b17-11-. The topological polar surface area (TPSA) is 50.3 Å². The summed E-state index contributed by atoms with van der Waals surface area (Å²) in [4.78, 5) is 14.8. The highest BCUT2D eigenvalue weighted by molar-refractivity contribution is 9.10. The zero-order valence-corrected chi connectivity index (χ0v) is 13.9. The SMILES string of the molecule is CC[NH+]1CC[NH+](CC(=O)N/N=C\c2cccc(Br)c2)CC1. The van der Waals surface area contributed by atoms with E-state index in [2.05, 4.69) is 33.4 Å². The van der Waals surface area contributed by atoms with Crippen molar-refractivity contribution < 1.29 is 14.6 Å². The molecular formula is C15H23BrN4O+2. The average Bonchev–Trinajstić information content (AvgIpc) is 2.48. The number of hydrogen-bond donors (Lipinski definition) is 3. The Morgan fingerprint density at radius 3 is 2.71 bits per heavy atom. The number of halogens is 1. The third kappa shape index (κ3) is 5.57. The van der Waals surface area contributed by atoms with E-state index in [-0.39, 0.29) is 5.91 Å². The highest BCUT2D eigenvalue weighted by atomic mass is 79.9. The first-order valence-electron chi connectivity index (χ1n) is 7.42. The van der Waals surface area contributed by atoms with Gasteiger partial charge in [0, 0.05) is 4.47 Å². The van der Waals surface area contributed by atoms with Gasteiger partial charge in [-0.2, -0.15) is 5.10 Å². The number of likely N-dealkylation sites (N-methyl/N-ethyl adjacent to an activating group) is 1. The molecule has 2 rings (SSSR count).